The molecule has 0 saturated carbocycles. The summed E-state index contributed by atoms with van der Waals surface area (Å²) in [4.78, 5) is 22.8. The first-order valence-electron chi connectivity index (χ1n) is 5.41. The lowest BCUT2D eigenvalue weighted by Gasteiger charge is -2.12. The second-order valence-corrected chi connectivity index (χ2v) is 4.73. The summed E-state index contributed by atoms with van der Waals surface area (Å²) in [6.07, 6.45) is 6.87. The fraction of sp³-hybridized carbons (Fsp3) is 0.357. The van der Waals surface area contributed by atoms with Crippen LogP contribution >= 0.6 is 0 Å². The quantitative estimate of drug-likeness (QED) is 0.698. The van der Waals surface area contributed by atoms with Crippen molar-refractivity contribution in [2.75, 3.05) is 0 Å². The van der Waals surface area contributed by atoms with Crippen LogP contribution in [0.3, 0.4) is 0 Å². The van der Waals surface area contributed by atoms with Crippen LogP contribution in [-0.2, 0) is 9.59 Å². The first-order chi connectivity index (χ1) is 7.85. The van der Waals surface area contributed by atoms with Crippen molar-refractivity contribution in [3.05, 3.63) is 35.5 Å². The van der Waals surface area contributed by atoms with Gasteiger partial charge in [0, 0.05) is 11.0 Å². The van der Waals surface area contributed by atoms with Gasteiger partial charge in [-0.2, -0.15) is 5.26 Å². The van der Waals surface area contributed by atoms with Crippen LogP contribution in [0.4, 0.5) is 0 Å². The Balaban J connectivity index is 3.15. The number of ketones is 2. The zero-order chi connectivity index (χ0) is 13.1. The maximum Gasteiger partial charge on any atom is 0.171 e. The van der Waals surface area contributed by atoms with Gasteiger partial charge in [0.05, 0.1) is 18.1 Å². The molecule has 0 spiro atoms. The number of allylic oxidation sites excluding steroid dienone is 6. The molecule has 1 rings (SSSR count). The minimum absolute atomic E-state index is 0.154. The molecule has 1 aliphatic rings. The highest BCUT2D eigenvalue weighted by Crippen LogP contribution is 2.26. The molecule has 0 fully saturated rings. The molecule has 0 N–H and O–H groups in total. The summed E-state index contributed by atoms with van der Waals surface area (Å²) < 4.78 is 0. The monoisotopic (exact) mass is 229 g/mol. The maximum atomic E-state index is 11.8. The molecule has 0 radical (unpaired) electrons. The van der Waals surface area contributed by atoms with Gasteiger partial charge in [-0.3, -0.25) is 9.59 Å². The second kappa shape index (κ2) is 4.92. The van der Waals surface area contributed by atoms with Crippen LogP contribution in [0.15, 0.2) is 35.5 Å². The van der Waals surface area contributed by atoms with E-state index in [0.29, 0.717) is 11.1 Å². The number of nitriles is 1. The van der Waals surface area contributed by atoms with Gasteiger partial charge in [0.1, 0.15) is 5.78 Å². The van der Waals surface area contributed by atoms with Gasteiger partial charge < -0.3 is 0 Å². The molecule has 0 bridgehead atoms. The SMILES string of the molecule is CC(=O)CC(=O)C1=C(C#N)C=CC(C)(C)C=C1. The van der Waals surface area contributed by atoms with E-state index in [0.717, 1.165) is 0 Å². The van der Waals surface area contributed by atoms with E-state index in [-0.39, 0.29) is 23.4 Å². The van der Waals surface area contributed by atoms with Gasteiger partial charge in [-0.15, -0.1) is 0 Å². The van der Waals surface area contributed by atoms with Gasteiger partial charge >= 0.3 is 0 Å². The molecule has 0 aromatic carbocycles. The minimum atomic E-state index is -0.298. The third-order valence-electron chi connectivity index (χ3n) is 2.48. The molecule has 0 unspecified atom stereocenters. The van der Waals surface area contributed by atoms with Crippen LogP contribution in [-0.4, -0.2) is 11.6 Å². The summed E-state index contributed by atoms with van der Waals surface area (Å²) >= 11 is 0. The van der Waals surface area contributed by atoms with Crippen molar-refractivity contribution in [2.24, 2.45) is 5.41 Å². The average Bonchev–Trinajstić information content (AvgIpc) is 2.35. The van der Waals surface area contributed by atoms with E-state index in [9.17, 15) is 9.59 Å². The highest BCUT2D eigenvalue weighted by Gasteiger charge is 2.18. The molecular formula is C14H15NO2. The van der Waals surface area contributed by atoms with Crippen molar-refractivity contribution in [3.63, 3.8) is 0 Å². The Hall–Kier alpha value is -1.95. The smallest absolute Gasteiger partial charge is 0.171 e. The molecule has 0 aromatic rings. The first-order valence-corrected chi connectivity index (χ1v) is 5.41. The van der Waals surface area contributed by atoms with Crippen LogP contribution in [0.2, 0.25) is 0 Å². The van der Waals surface area contributed by atoms with Crippen LogP contribution in [0.1, 0.15) is 27.2 Å². The Bertz CT molecular complexity index is 485. The summed E-state index contributed by atoms with van der Waals surface area (Å²) in [5, 5.41) is 9.01. The summed E-state index contributed by atoms with van der Waals surface area (Å²) in [5.74, 6) is -0.492. The van der Waals surface area contributed by atoms with Gasteiger partial charge in [0.15, 0.2) is 5.78 Å². The van der Waals surface area contributed by atoms with E-state index < -0.39 is 0 Å². The van der Waals surface area contributed by atoms with E-state index in [1.54, 1.807) is 12.2 Å². The lowest BCUT2D eigenvalue weighted by Crippen LogP contribution is -2.08. The molecule has 3 heteroatoms. The molecule has 0 amide bonds. The predicted molar refractivity (Wildman–Crippen MR) is 65.0 cm³/mol. The second-order valence-electron chi connectivity index (χ2n) is 4.73. The number of Topliss-reactive ketones (excluding diaryl/α,β-unsaturated/α-hetero) is 2. The van der Waals surface area contributed by atoms with E-state index in [1.165, 1.54) is 6.92 Å². The van der Waals surface area contributed by atoms with Gasteiger partial charge in [-0.1, -0.05) is 32.1 Å². The Kier molecular flexibility index (Phi) is 3.80. The molecule has 0 aliphatic heterocycles. The molecule has 0 saturated heterocycles. The lowest BCUT2D eigenvalue weighted by atomic mass is 9.93. The lowest BCUT2D eigenvalue weighted by molar-refractivity contribution is -0.123. The first kappa shape index (κ1) is 13.1. The summed E-state index contributed by atoms with van der Waals surface area (Å²) in [5.41, 5.74) is 0.447. The number of hydrogen-bond acceptors (Lipinski definition) is 3. The highest BCUT2D eigenvalue weighted by molar-refractivity contribution is 6.09. The summed E-state index contributed by atoms with van der Waals surface area (Å²) in [7, 11) is 0. The topological polar surface area (TPSA) is 57.9 Å². The summed E-state index contributed by atoms with van der Waals surface area (Å²) in [6.45, 7) is 5.32. The van der Waals surface area contributed by atoms with Gasteiger partial charge in [-0.25, -0.2) is 0 Å². The number of carbonyl (C=O) groups is 2. The van der Waals surface area contributed by atoms with Crippen molar-refractivity contribution in [1.29, 1.82) is 5.26 Å². The third kappa shape index (κ3) is 3.53. The predicted octanol–water partition coefficient (Wildman–Crippen LogP) is 2.51. The molecule has 0 atom stereocenters. The van der Waals surface area contributed by atoms with Crippen LogP contribution < -0.4 is 0 Å². The molecular weight excluding hydrogens is 214 g/mol. The zero-order valence-electron chi connectivity index (χ0n) is 10.3. The summed E-state index contributed by atoms with van der Waals surface area (Å²) in [6, 6.07) is 2.00. The number of nitrogens with zero attached hydrogens (tertiary/aromatic N) is 1. The Morgan fingerprint density at radius 2 is 1.88 bits per heavy atom. The van der Waals surface area contributed by atoms with Gasteiger partial charge in [-0.05, 0) is 13.0 Å². The van der Waals surface area contributed by atoms with Crippen LogP contribution in [0.5, 0.6) is 0 Å². The van der Waals surface area contributed by atoms with E-state index in [2.05, 4.69) is 0 Å². The Morgan fingerprint density at radius 3 is 2.41 bits per heavy atom. The van der Waals surface area contributed by atoms with Gasteiger partial charge in [0.2, 0.25) is 0 Å². The van der Waals surface area contributed by atoms with Crippen molar-refractivity contribution in [1.82, 2.24) is 0 Å². The fourth-order valence-electron chi connectivity index (χ4n) is 1.49. The molecule has 88 valence electrons. The Labute approximate surface area is 101 Å². The number of hydrogen-bond donors (Lipinski definition) is 0. The highest BCUT2D eigenvalue weighted by atomic mass is 16.1. The van der Waals surface area contributed by atoms with Crippen molar-refractivity contribution >= 4 is 11.6 Å². The Morgan fingerprint density at radius 1 is 1.29 bits per heavy atom. The fourth-order valence-corrected chi connectivity index (χ4v) is 1.49. The molecule has 1 aliphatic carbocycles. The van der Waals surface area contributed by atoms with E-state index in [1.807, 2.05) is 32.1 Å². The third-order valence-corrected chi connectivity index (χ3v) is 2.48. The van der Waals surface area contributed by atoms with Gasteiger partial charge in [0.25, 0.3) is 0 Å². The largest absolute Gasteiger partial charge is 0.300 e. The van der Waals surface area contributed by atoms with Crippen LogP contribution in [0.25, 0.3) is 0 Å². The minimum Gasteiger partial charge on any atom is -0.300 e. The average molecular weight is 229 g/mol. The van der Waals surface area contributed by atoms with Crippen molar-refractivity contribution in [2.45, 2.75) is 27.2 Å². The molecule has 0 aromatic heterocycles. The maximum absolute atomic E-state index is 11.8. The van der Waals surface area contributed by atoms with Crippen molar-refractivity contribution in [3.8, 4) is 6.07 Å². The molecule has 0 heterocycles. The number of carbonyl (C=O) groups excluding carboxylic acids is 2. The zero-order valence-corrected chi connectivity index (χ0v) is 10.3. The van der Waals surface area contributed by atoms with E-state index >= 15 is 0 Å². The number of rotatable bonds is 3. The normalized spacial score (nSPS) is 17.5. The molecule has 3 nitrogen and oxygen atoms in total. The van der Waals surface area contributed by atoms with Crippen LogP contribution in [0, 0.1) is 16.7 Å². The molecule has 17 heavy (non-hydrogen) atoms. The standard InChI is InChI=1S/C14H15NO2/c1-10(16)8-13(17)12-5-7-14(2,3)6-4-11(12)9-15/h4-7H,8H2,1-3H3. The van der Waals surface area contributed by atoms with Crippen molar-refractivity contribution < 1.29 is 9.59 Å². The van der Waals surface area contributed by atoms with E-state index in [4.69, 9.17) is 5.26 Å².